The number of hydrogen-bond acceptors (Lipinski definition) is 3. The van der Waals surface area contributed by atoms with E-state index in [1.165, 1.54) is 32.1 Å². The molecule has 0 bridgehead atoms. The molecule has 0 spiro atoms. The third-order valence-electron chi connectivity index (χ3n) is 4.19. The van der Waals surface area contributed by atoms with Gasteiger partial charge in [-0.25, -0.2) is 0 Å². The van der Waals surface area contributed by atoms with Crippen LogP contribution in [0.15, 0.2) is 0 Å². The summed E-state index contributed by atoms with van der Waals surface area (Å²) >= 11 is 0. The van der Waals surface area contributed by atoms with Crippen LogP contribution < -0.4 is 5.32 Å². The number of likely N-dealkylation sites (N-methyl/N-ethyl adjacent to an activating group) is 1. The molecule has 1 rings (SSSR count). The Labute approximate surface area is 107 Å². The Morgan fingerprint density at radius 1 is 1.35 bits per heavy atom. The first-order valence-corrected chi connectivity index (χ1v) is 7.15. The quantitative estimate of drug-likeness (QED) is 0.638. The molecule has 0 aromatic carbocycles. The van der Waals surface area contributed by atoms with Crippen molar-refractivity contribution in [1.29, 1.82) is 0 Å². The van der Waals surface area contributed by atoms with E-state index in [9.17, 15) is 5.11 Å². The second-order valence-electron chi connectivity index (χ2n) is 5.83. The van der Waals surface area contributed by atoms with Gasteiger partial charge in [0.25, 0.3) is 0 Å². The fraction of sp³-hybridized carbons (Fsp3) is 1.00. The molecule has 3 heteroatoms. The summed E-state index contributed by atoms with van der Waals surface area (Å²) in [6.07, 6.45) is 6.63. The van der Waals surface area contributed by atoms with E-state index in [-0.39, 0.29) is 12.6 Å². The van der Waals surface area contributed by atoms with Gasteiger partial charge in [-0.15, -0.1) is 0 Å². The van der Waals surface area contributed by atoms with Crippen LogP contribution in [0.5, 0.6) is 0 Å². The summed E-state index contributed by atoms with van der Waals surface area (Å²) in [6.45, 7) is 7.96. The minimum absolute atomic E-state index is 0.259. The van der Waals surface area contributed by atoms with Crippen LogP contribution in [-0.4, -0.2) is 49.3 Å². The Morgan fingerprint density at radius 3 is 2.53 bits per heavy atom. The summed E-state index contributed by atoms with van der Waals surface area (Å²) < 4.78 is 0. The van der Waals surface area contributed by atoms with Gasteiger partial charge in [-0.05, 0) is 45.2 Å². The molecule has 1 aliphatic rings. The molecule has 2 N–H and O–H groups in total. The second kappa shape index (κ2) is 7.34. The second-order valence-corrected chi connectivity index (χ2v) is 5.83. The van der Waals surface area contributed by atoms with Gasteiger partial charge < -0.3 is 15.3 Å². The number of aliphatic hydroxyl groups is 1. The predicted molar refractivity (Wildman–Crippen MR) is 73.2 cm³/mol. The molecule has 1 fully saturated rings. The fourth-order valence-corrected chi connectivity index (χ4v) is 2.87. The first-order chi connectivity index (χ1) is 8.13. The minimum Gasteiger partial charge on any atom is -0.395 e. The summed E-state index contributed by atoms with van der Waals surface area (Å²) in [5, 5.41) is 12.8. The lowest BCUT2D eigenvalue weighted by Gasteiger charge is -2.36. The molecule has 0 amide bonds. The van der Waals surface area contributed by atoms with Gasteiger partial charge in [0.15, 0.2) is 0 Å². The molecule has 1 aliphatic carbocycles. The number of rotatable bonds is 8. The van der Waals surface area contributed by atoms with E-state index in [0.717, 1.165) is 19.6 Å². The van der Waals surface area contributed by atoms with Crippen LogP contribution in [0.4, 0.5) is 0 Å². The molecule has 0 aromatic rings. The van der Waals surface area contributed by atoms with E-state index in [1.807, 2.05) is 0 Å². The zero-order chi connectivity index (χ0) is 12.7. The topological polar surface area (TPSA) is 35.5 Å². The van der Waals surface area contributed by atoms with Gasteiger partial charge in [0, 0.05) is 19.1 Å². The maximum atomic E-state index is 9.22. The van der Waals surface area contributed by atoms with Gasteiger partial charge in [-0.1, -0.05) is 19.8 Å². The summed E-state index contributed by atoms with van der Waals surface area (Å²) in [7, 11) is 2.14. The van der Waals surface area contributed by atoms with Crippen molar-refractivity contribution in [2.45, 2.75) is 52.0 Å². The SMILES string of the molecule is CCCNCC1(CN(C)C(C)CO)CCCC1. The maximum Gasteiger partial charge on any atom is 0.0584 e. The summed E-state index contributed by atoms with van der Waals surface area (Å²) in [5.74, 6) is 0. The third-order valence-corrected chi connectivity index (χ3v) is 4.19. The molecule has 1 saturated carbocycles. The zero-order valence-electron chi connectivity index (χ0n) is 11.8. The van der Waals surface area contributed by atoms with Crippen LogP contribution in [0.3, 0.4) is 0 Å². The van der Waals surface area contributed by atoms with Crippen molar-refractivity contribution < 1.29 is 5.11 Å². The molecule has 102 valence electrons. The zero-order valence-corrected chi connectivity index (χ0v) is 11.8. The van der Waals surface area contributed by atoms with Gasteiger partial charge >= 0.3 is 0 Å². The van der Waals surface area contributed by atoms with Crippen LogP contribution in [0.2, 0.25) is 0 Å². The van der Waals surface area contributed by atoms with Crippen molar-refractivity contribution in [2.75, 3.05) is 33.3 Å². The van der Waals surface area contributed by atoms with Gasteiger partial charge in [-0.3, -0.25) is 0 Å². The van der Waals surface area contributed by atoms with E-state index in [4.69, 9.17) is 0 Å². The molecule has 3 nitrogen and oxygen atoms in total. The van der Waals surface area contributed by atoms with E-state index >= 15 is 0 Å². The van der Waals surface area contributed by atoms with Crippen LogP contribution in [-0.2, 0) is 0 Å². The van der Waals surface area contributed by atoms with Crippen molar-refractivity contribution >= 4 is 0 Å². The minimum atomic E-state index is 0.259. The van der Waals surface area contributed by atoms with Crippen molar-refractivity contribution in [3.8, 4) is 0 Å². The van der Waals surface area contributed by atoms with Crippen LogP contribution in [0.25, 0.3) is 0 Å². The van der Waals surface area contributed by atoms with Crippen LogP contribution in [0.1, 0.15) is 46.0 Å². The lowest BCUT2D eigenvalue weighted by molar-refractivity contribution is 0.103. The lowest BCUT2D eigenvalue weighted by Crippen LogP contribution is -2.45. The van der Waals surface area contributed by atoms with E-state index in [1.54, 1.807) is 0 Å². The van der Waals surface area contributed by atoms with E-state index in [2.05, 4.69) is 31.1 Å². The molecular weight excluding hydrogens is 212 g/mol. The van der Waals surface area contributed by atoms with Gasteiger partial charge in [0.05, 0.1) is 6.61 Å². The van der Waals surface area contributed by atoms with Crippen molar-refractivity contribution in [3.05, 3.63) is 0 Å². The highest BCUT2D eigenvalue weighted by Crippen LogP contribution is 2.38. The largest absolute Gasteiger partial charge is 0.395 e. The summed E-state index contributed by atoms with van der Waals surface area (Å²) in [5.41, 5.74) is 0.452. The average Bonchev–Trinajstić information content (AvgIpc) is 2.77. The molecule has 1 atom stereocenters. The predicted octanol–water partition coefficient (Wildman–Crippen LogP) is 1.86. The molecule has 0 radical (unpaired) electrons. The highest BCUT2D eigenvalue weighted by Gasteiger charge is 2.35. The molecule has 17 heavy (non-hydrogen) atoms. The number of hydrogen-bond donors (Lipinski definition) is 2. The Hall–Kier alpha value is -0.120. The van der Waals surface area contributed by atoms with Crippen molar-refractivity contribution in [2.24, 2.45) is 5.41 Å². The van der Waals surface area contributed by atoms with Crippen LogP contribution in [0, 0.1) is 5.41 Å². The van der Waals surface area contributed by atoms with E-state index in [0.29, 0.717) is 5.41 Å². The highest BCUT2D eigenvalue weighted by atomic mass is 16.3. The van der Waals surface area contributed by atoms with E-state index < -0.39 is 0 Å². The maximum absolute atomic E-state index is 9.22. The number of nitrogens with zero attached hydrogens (tertiary/aromatic N) is 1. The molecular formula is C14H30N2O. The van der Waals surface area contributed by atoms with Gasteiger partial charge in [-0.2, -0.15) is 0 Å². The summed E-state index contributed by atoms with van der Waals surface area (Å²) in [4.78, 5) is 2.32. The monoisotopic (exact) mass is 242 g/mol. The molecule has 0 aromatic heterocycles. The molecule has 0 aliphatic heterocycles. The fourth-order valence-electron chi connectivity index (χ4n) is 2.87. The van der Waals surface area contributed by atoms with Gasteiger partial charge in [0.2, 0.25) is 0 Å². The number of nitrogens with one attached hydrogen (secondary N) is 1. The molecule has 1 unspecified atom stereocenters. The lowest BCUT2D eigenvalue weighted by atomic mass is 9.85. The Kier molecular flexibility index (Phi) is 6.45. The van der Waals surface area contributed by atoms with Gasteiger partial charge in [0.1, 0.15) is 0 Å². The normalized spacial score (nSPS) is 21.0. The molecule has 0 saturated heterocycles. The number of aliphatic hydroxyl groups excluding tert-OH is 1. The Bertz CT molecular complexity index is 202. The van der Waals surface area contributed by atoms with Crippen LogP contribution >= 0.6 is 0 Å². The summed E-state index contributed by atoms with van der Waals surface area (Å²) in [6, 6.07) is 0.277. The first-order valence-electron chi connectivity index (χ1n) is 7.15. The first kappa shape index (κ1) is 14.9. The third kappa shape index (κ3) is 4.57. The molecule has 0 heterocycles. The van der Waals surface area contributed by atoms with Crippen molar-refractivity contribution in [1.82, 2.24) is 10.2 Å². The highest BCUT2D eigenvalue weighted by molar-refractivity contribution is 4.89. The smallest absolute Gasteiger partial charge is 0.0584 e. The van der Waals surface area contributed by atoms with Crippen molar-refractivity contribution in [3.63, 3.8) is 0 Å². The average molecular weight is 242 g/mol. The Morgan fingerprint density at radius 2 is 2.00 bits per heavy atom. The Balaban J connectivity index is 2.46. The standard InChI is InChI=1S/C14H30N2O/c1-4-9-15-11-14(7-5-6-8-14)12-16(3)13(2)10-17/h13,15,17H,4-12H2,1-3H3.